The fraction of sp³-hybridized carbons (Fsp3) is 0.120. The van der Waals surface area contributed by atoms with E-state index in [0.717, 1.165) is 0 Å². The Balaban J connectivity index is 1.65. The van der Waals surface area contributed by atoms with E-state index in [0.29, 0.717) is 44.1 Å². The number of tetrazole rings is 1. The van der Waals surface area contributed by atoms with Crippen molar-refractivity contribution in [2.75, 3.05) is 0 Å². The van der Waals surface area contributed by atoms with Crippen molar-refractivity contribution >= 4 is 40.7 Å². The van der Waals surface area contributed by atoms with E-state index in [4.69, 9.17) is 34.8 Å². The Bertz CT molecular complexity index is 1610. The first-order valence-corrected chi connectivity index (χ1v) is 12.4. The van der Waals surface area contributed by atoms with Gasteiger partial charge in [0.1, 0.15) is 5.82 Å². The fourth-order valence-corrected chi connectivity index (χ4v) is 4.45. The molecule has 1 atom stereocenters. The number of nitrogens with zero attached hydrogens (tertiary/aromatic N) is 6. The van der Waals surface area contributed by atoms with Gasteiger partial charge in [-0.1, -0.05) is 58.2 Å². The molecule has 0 unspecified atom stereocenters. The molecule has 1 amide bonds. The molecule has 0 aliphatic carbocycles. The number of hydrogen-bond acceptors (Lipinski definition) is 6. The summed E-state index contributed by atoms with van der Waals surface area (Å²) in [5.41, 5.74) is 2.49. The first kappa shape index (κ1) is 25.8. The Morgan fingerprint density at radius 3 is 2.58 bits per heavy atom. The molecule has 0 fully saturated rings. The normalized spacial score (nSPS) is 11.9. The zero-order chi connectivity index (χ0) is 26.8. The quantitative estimate of drug-likeness (QED) is 0.262. The summed E-state index contributed by atoms with van der Waals surface area (Å²) in [5.74, 6) is -0.363. The molecule has 2 N–H and O–H groups in total. The van der Waals surface area contributed by atoms with Crippen LogP contribution in [-0.4, -0.2) is 41.3 Å². The molecule has 13 heteroatoms. The molecule has 192 valence electrons. The van der Waals surface area contributed by atoms with Crippen molar-refractivity contribution in [3.05, 3.63) is 104 Å². The van der Waals surface area contributed by atoms with Crippen LogP contribution in [0.1, 0.15) is 40.4 Å². The third-order valence-corrected chi connectivity index (χ3v) is 6.61. The van der Waals surface area contributed by atoms with Crippen LogP contribution in [0.5, 0.6) is 0 Å². The largest absolute Gasteiger partial charge is 0.344 e. The average Bonchev–Trinajstić information content (AvgIpc) is 3.55. The van der Waals surface area contributed by atoms with Gasteiger partial charge in [0, 0.05) is 28.8 Å². The van der Waals surface area contributed by atoms with E-state index in [1.165, 1.54) is 16.8 Å². The van der Waals surface area contributed by atoms with Gasteiger partial charge in [-0.2, -0.15) is 10.3 Å². The van der Waals surface area contributed by atoms with E-state index in [1.54, 1.807) is 55.6 Å². The molecule has 0 aliphatic rings. The monoisotopic (exact) mass is 570 g/mol. The number of rotatable bonds is 7. The number of amides is 1. The molecule has 0 saturated carbocycles. The van der Waals surface area contributed by atoms with Gasteiger partial charge in [-0.25, -0.2) is 14.1 Å². The van der Waals surface area contributed by atoms with Crippen LogP contribution >= 0.6 is 34.8 Å². The van der Waals surface area contributed by atoms with Gasteiger partial charge in [-0.15, -0.1) is 10.2 Å². The highest BCUT2D eigenvalue weighted by atomic mass is 35.5. The van der Waals surface area contributed by atoms with Crippen LogP contribution in [0.4, 0.5) is 4.39 Å². The Labute approximate surface area is 231 Å². The topological polar surface area (TPSA) is 114 Å². The molecule has 5 rings (SSSR count). The molecule has 2 aromatic carbocycles. The standard InChI is InChI=1S/C25H18Cl3FN8O/c1-13(15-6-9-20(29)19(28)11-15)31-25(38)22-17(12-21-32-35-36-33-21)23(14-4-7-16(26)8-5-14)37(34-22)24-18(27)3-2-10-30-24/h2-11,13H,12H2,1H3,(H,31,38)(H,32,33,35,36)/t13-/m1/s1. The molecule has 0 bridgehead atoms. The van der Waals surface area contributed by atoms with Crippen LogP contribution < -0.4 is 5.32 Å². The number of H-pyrrole nitrogens is 1. The molecule has 3 aromatic heterocycles. The minimum absolute atomic E-state index is 0.0412. The SMILES string of the molecule is C[C@@H](NC(=O)c1nn(-c2ncccc2Cl)c(-c2ccc(Cl)cc2)c1Cc1nn[nH]n1)c1ccc(F)c(Cl)c1. The van der Waals surface area contributed by atoms with Crippen LogP contribution in [0.15, 0.2) is 60.8 Å². The summed E-state index contributed by atoms with van der Waals surface area (Å²) in [6, 6.07) is 14.2. The molecule has 5 aromatic rings. The van der Waals surface area contributed by atoms with E-state index in [1.807, 2.05) is 0 Å². The summed E-state index contributed by atoms with van der Waals surface area (Å²) < 4.78 is 15.2. The lowest BCUT2D eigenvalue weighted by atomic mass is 10.0. The predicted molar refractivity (Wildman–Crippen MR) is 141 cm³/mol. The summed E-state index contributed by atoms with van der Waals surface area (Å²) in [6.07, 6.45) is 1.70. The van der Waals surface area contributed by atoms with E-state index < -0.39 is 17.8 Å². The number of nitrogens with one attached hydrogen (secondary N) is 2. The van der Waals surface area contributed by atoms with E-state index in [-0.39, 0.29) is 17.1 Å². The lowest BCUT2D eigenvalue weighted by molar-refractivity contribution is 0.0933. The Kier molecular flexibility index (Phi) is 7.37. The molecular weight excluding hydrogens is 554 g/mol. The number of pyridine rings is 1. The van der Waals surface area contributed by atoms with Gasteiger partial charge in [0.15, 0.2) is 17.3 Å². The minimum Gasteiger partial charge on any atom is -0.344 e. The second-order valence-corrected chi connectivity index (χ2v) is 9.53. The highest BCUT2D eigenvalue weighted by Crippen LogP contribution is 2.33. The molecule has 38 heavy (non-hydrogen) atoms. The number of carbonyl (C=O) groups is 1. The van der Waals surface area contributed by atoms with Gasteiger partial charge in [-0.3, -0.25) is 4.79 Å². The molecule has 0 spiro atoms. The predicted octanol–water partition coefficient (Wildman–Crippen LogP) is 5.63. The second-order valence-electron chi connectivity index (χ2n) is 8.28. The number of hydrogen-bond donors (Lipinski definition) is 2. The molecule has 3 heterocycles. The number of aromatic nitrogens is 7. The maximum Gasteiger partial charge on any atom is 0.272 e. The van der Waals surface area contributed by atoms with Crippen molar-refractivity contribution in [3.8, 4) is 17.1 Å². The van der Waals surface area contributed by atoms with Crippen molar-refractivity contribution < 1.29 is 9.18 Å². The molecule has 0 radical (unpaired) electrons. The van der Waals surface area contributed by atoms with E-state index >= 15 is 0 Å². The average molecular weight is 572 g/mol. The smallest absolute Gasteiger partial charge is 0.272 e. The second kappa shape index (κ2) is 10.9. The van der Waals surface area contributed by atoms with E-state index in [2.05, 4.69) is 36.0 Å². The lowest BCUT2D eigenvalue weighted by Crippen LogP contribution is -2.28. The van der Waals surface area contributed by atoms with Crippen molar-refractivity contribution in [2.45, 2.75) is 19.4 Å². The zero-order valence-electron chi connectivity index (χ0n) is 19.7. The summed E-state index contributed by atoms with van der Waals surface area (Å²) >= 11 is 18.6. The molecule has 0 saturated heterocycles. The Morgan fingerprint density at radius 1 is 1.11 bits per heavy atom. The summed E-state index contributed by atoms with van der Waals surface area (Å²) in [4.78, 5) is 18.1. The van der Waals surface area contributed by atoms with Gasteiger partial charge < -0.3 is 5.32 Å². The summed E-state index contributed by atoms with van der Waals surface area (Å²) in [7, 11) is 0. The van der Waals surface area contributed by atoms with Crippen LogP contribution in [0.3, 0.4) is 0 Å². The van der Waals surface area contributed by atoms with Gasteiger partial charge in [0.2, 0.25) is 0 Å². The number of aromatic amines is 1. The Morgan fingerprint density at radius 2 is 1.89 bits per heavy atom. The maximum atomic E-state index is 13.7. The molecular formula is C25H18Cl3FN8O. The number of carbonyl (C=O) groups excluding carboxylic acids is 1. The summed E-state index contributed by atoms with van der Waals surface area (Å²) in [5, 5.41) is 22.6. The fourth-order valence-electron chi connectivity index (χ4n) is 3.94. The molecule has 9 nitrogen and oxygen atoms in total. The number of halogens is 4. The van der Waals surface area contributed by atoms with Crippen molar-refractivity contribution in [3.63, 3.8) is 0 Å². The van der Waals surface area contributed by atoms with Crippen molar-refractivity contribution in [1.29, 1.82) is 0 Å². The van der Waals surface area contributed by atoms with Crippen molar-refractivity contribution in [2.24, 2.45) is 0 Å². The first-order chi connectivity index (χ1) is 18.3. The first-order valence-electron chi connectivity index (χ1n) is 11.3. The summed E-state index contributed by atoms with van der Waals surface area (Å²) in [6.45, 7) is 1.76. The minimum atomic E-state index is -0.546. The highest BCUT2D eigenvalue weighted by molar-refractivity contribution is 6.32. The zero-order valence-corrected chi connectivity index (χ0v) is 21.9. The third kappa shape index (κ3) is 5.24. The highest BCUT2D eigenvalue weighted by Gasteiger charge is 2.28. The van der Waals surface area contributed by atoms with Gasteiger partial charge in [0.05, 0.1) is 21.8 Å². The molecule has 0 aliphatic heterocycles. The maximum absolute atomic E-state index is 13.7. The van der Waals surface area contributed by atoms with Crippen LogP contribution in [0.2, 0.25) is 15.1 Å². The van der Waals surface area contributed by atoms with Crippen LogP contribution in [0.25, 0.3) is 17.1 Å². The number of benzene rings is 2. The van der Waals surface area contributed by atoms with E-state index in [9.17, 15) is 9.18 Å². The van der Waals surface area contributed by atoms with Gasteiger partial charge >= 0.3 is 0 Å². The van der Waals surface area contributed by atoms with Crippen LogP contribution in [-0.2, 0) is 6.42 Å². The van der Waals surface area contributed by atoms with Gasteiger partial charge in [-0.05, 0) is 48.9 Å². The van der Waals surface area contributed by atoms with Gasteiger partial charge in [0.25, 0.3) is 5.91 Å². The van der Waals surface area contributed by atoms with Crippen LogP contribution in [0, 0.1) is 5.82 Å². The third-order valence-electron chi connectivity index (χ3n) is 5.77. The lowest BCUT2D eigenvalue weighted by Gasteiger charge is -2.14. The Hall–Kier alpha value is -3.86. The van der Waals surface area contributed by atoms with Crippen molar-refractivity contribution in [1.82, 2.24) is 40.7 Å².